The van der Waals surface area contributed by atoms with Gasteiger partial charge in [0.1, 0.15) is 0 Å². The molecular formula is C23H25N3O. The molecule has 0 saturated heterocycles. The molecule has 138 valence electrons. The first-order valence-corrected chi connectivity index (χ1v) is 9.43. The second kappa shape index (κ2) is 6.69. The summed E-state index contributed by atoms with van der Waals surface area (Å²) in [6.07, 6.45) is 4.49. The number of hydrazone groups is 1. The summed E-state index contributed by atoms with van der Waals surface area (Å²) in [7, 11) is 0. The van der Waals surface area contributed by atoms with Crippen LogP contribution in [0, 0.1) is 5.92 Å². The van der Waals surface area contributed by atoms with Crippen molar-refractivity contribution >= 4 is 23.0 Å². The molecule has 2 N–H and O–H groups in total. The molecule has 0 aliphatic heterocycles. The molecule has 4 heteroatoms. The summed E-state index contributed by atoms with van der Waals surface area (Å²) >= 11 is 0. The summed E-state index contributed by atoms with van der Waals surface area (Å²) in [4.78, 5) is 15.6. The van der Waals surface area contributed by atoms with Crippen molar-refractivity contribution in [1.29, 1.82) is 0 Å². The molecule has 1 aliphatic carbocycles. The average Bonchev–Trinajstić information content (AvgIpc) is 3.36. The maximum absolute atomic E-state index is 12.4. The predicted molar refractivity (Wildman–Crippen MR) is 110 cm³/mol. The number of aromatic amines is 1. The van der Waals surface area contributed by atoms with Crippen LogP contribution >= 0.6 is 0 Å². The summed E-state index contributed by atoms with van der Waals surface area (Å²) in [6.45, 7) is 6.63. The minimum atomic E-state index is -0.00371. The molecule has 1 heterocycles. The third-order valence-electron chi connectivity index (χ3n) is 5.33. The summed E-state index contributed by atoms with van der Waals surface area (Å²) in [5.74, 6) is 0.323. The van der Waals surface area contributed by atoms with E-state index in [1.165, 1.54) is 11.1 Å². The van der Waals surface area contributed by atoms with Crippen molar-refractivity contribution in [2.45, 2.75) is 38.5 Å². The number of hydrogen-bond acceptors (Lipinski definition) is 2. The van der Waals surface area contributed by atoms with Gasteiger partial charge in [0, 0.05) is 28.6 Å². The van der Waals surface area contributed by atoms with Crippen LogP contribution in [0.1, 0.15) is 49.8 Å². The number of hydrogen-bond donors (Lipinski definition) is 2. The van der Waals surface area contributed by atoms with Crippen molar-refractivity contribution in [3.05, 3.63) is 71.4 Å². The molecule has 4 nitrogen and oxygen atoms in total. The number of carbonyl (C=O) groups excluding carboxylic acids is 1. The van der Waals surface area contributed by atoms with Crippen molar-refractivity contribution in [3.63, 3.8) is 0 Å². The molecule has 1 aromatic heterocycles. The number of carbonyl (C=O) groups is 1. The number of amides is 1. The van der Waals surface area contributed by atoms with Crippen LogP contribution in [-0.4, -0.2) is 17.1 Å². The lowest BCUT2D eigenvalue weighted by Crippen LogP contribution is -2.20. The van der Waals surface area contributed by atoms with Gasteiger partial charge in [0.2, 0.25) is 5.91 Å². The number of fused-ring (bicyclic) bond motifs is 1. The molecule has 0 spiro atoms. The number of para-hydroxylation sites is 1. The van der Waals surface area contributed by atoms with Gasteiger partial charge in [-0.15, -0.1) is 0 Å². The van der Waals surface area contributed by atoms with E-state index in [1.807, 2.05) is 30.5 Å². The smallest absolute Gasteiger partial charge is 0.243 e. The number of nitrogens with zero attached hydrogens (tertiary/aromatic N) is 1. The topological polar surface area (TPSA) is 57.2 Å². The number of rotatable bonds is 4. The van der Waals surface area contributed by atoms with Crippen LogP contribution in [0.4, 0.5) is 0 Å². The van der Waals surface area contributed by atoms with Gasteiger partial charge in [0.05, 0.1) is 6.21 Å². The molecule has 1 fully saturated rings. The van der Waals surface area contributed by atoms with Crippen molar-refractivity contribution in [3.8, 4) is 0 Å². The Hall–Kier alpha value is -2.88. The Labute approximate surface area is 159 Å². The Kier molecular flexibility index (Phi) is 4.34. The van der Waals surface area contributed by atoms with Crippen molar-refractivity contribution in [2.75, 3.05) is 0 Å². The Balaban J connectivity index is 1.36. The Bertz CT molecular complexity index is 992. The molecule has 3 aromatic rings. The summed E-state index contributed by atoms with van der Waals surface area (Å²) in [6, 6.07) is 16.7. The predicted octanol–water partition coefficient (Wildman–Crippen LogP) is 4.72. The molecule has 1 aliphatic rings. The number of benzene rings is 2. The first kappa shape index (κ1) is 17.5. The van der Waals surface area contributed by atoms with Crippen molar-refractivity contribution < 1.29 is 4.79 Å². The van der Waals surface area contributed by atoms with E-state index in [4.69, 9.17) is 0 Å². The SMILES string of the molecule is CC(C)(C)c1ccc([C@@H]2C[C@@H]2C(=O)N/N=C/c2c[nH]c3ccccc23)cc1. The quantitative estimate of drug-likeness (QED) is 0.514. The second-order valence-corrected chi connectivity index (χ2v) is 8.34. The zero-order valence-electron chi connectivity index (χ0n) is 16.0. The van der Waals surface area contributed by atoms with Crippen LogP contribution in [-0.2, 0) is 10.2 Å². The maximum atomic E-state index is 12.4. The van der Waals surface area contributed by atoms with E-state index < -0.39 is 0 Å². The molecule has 0 radical (unpaired) electrons. The van der Waals surface area contributed by atoms with E-state index in [-0.39, 0.29) is 17.2 Å². The van der Waals surface area contributed by atoms with E-state index in [0.29, 0.717) is 5.92 Å². The Morgan fingerprint density at radius 2 is 1.89 bits per heavy atom. The zero-order valence-corrected chi connectivity index (χ0v) is 16.0. The van der Waals surface area contributed by atoms with Gasteiger partial charge < -0.3 is 4.98 Å². The van der Waals surface area contributed by atoms with Crippen LogP contribution in [0.5, 0.6) is 0 Å². The van der Waals surface area contributed by atoms with Gasteiger partial charge in [-0.25, -0.2) is 5.43 Å². The third kappa shape index (κ3) is 3.65. The first-order chi connectivity index (χ1) is 12.9. The highest BCUT2D eigenvalue weighted by molar-refractivity contribution is 5.99. The second-order valence-electron chi connectivity index (χ2n) is 8.34. The molecule has 0 unspecified atom stereocenters. The van der Waals surface area contributed by atoms with Gasteiger partial charge in [-0.2, -0.15) is 5.10 Å². The highest BCUT2D eigenvalue weighted by Crippen LogP contribution is 2.47. The van der Waals surface area contributed by atoms with Gasteiger partial charge in [-0.3, -0.25) is 4.79 Å². The molecular weight excluding hydrogens is 334 g/mol. The lowest BCUT2D eigenvalue weighted by atomic mass is 9.86. The minimum absolute atomic E-state index is 0.00371. The highest BCUT2D eigenvalue weighted by atomic mass is 16.2. The van der Waals surface area contributed by atoms with E-state index in [1.54, 1.807) is 6.21 Å². The van der Waals surface area contributed by atoms with Gasteiger partial charge in [0.15, 0.2) is 0 Å². The van der Waals surface area contributed by atoms with Crippen molar-refractivity contribution in [1.82, 2.24) is 10.4 Å². The minimum Gasteiger partial charge on any atom is -0.361 e. The molecule has 0 bridgehead atoms. The maximum Gasteiger partial charge on any atom is 0.243 e. The van der Waals surface area contributed by atoms with Crippen LogP contribution in [0.25, 0.3) is 10.9 Å². The number of nitrogens with one attached hydrogen (secondary N) is 2. The molecule has 4 rings (SSSR count). The zero-order chi connectivity index (χ0) is 19.0. The molecule has 2 aromatic carbocycles. The molecule has 2 atom stereocenters. The molecule has 1 amide bonds. The molecule has 27 heavy (non-hydrogen) atoms. The number of aromatic nitrogens is 1. The fourth-order valence-corrected chi connectivity index (χ4v) is 3.53. The van der Waals surface area contributed by atoms with E-state index >= 15 is 0 Å². The van der Waals surface area contributed by atoms with E-state index in [9.17, 15) is 4.79 Å². The van der Waals surface area contributed by atoms with Gasteiger partial charge in [0.25, 0.3) is 0 Å². The summed E-state index contributed by atoms with van der Waals surface area (Å²) in [5, 5.41) is 5.25. The first-order valence-electron chi connectivity index (χ1n) is 9.43. The fourth-order valence-electron chi connectivity index (χ4n) is 3.53. The normalized spacial score (nSPS) is 19.5. The largest absolute Gasteiger partial charge is 0.361 e. The summed E-state index contributed by atoms with van der Waals surface area (Å²) < 4.78 is 0. The fraction of sp³-hybridized carbons (Fsp3) is 0.304. The Morgan fingerprint density at radius 1 is 1.15 bits per heavy atom. The standard InChI is InChI=1S/C23H25N3O/c1-23(2,3)17-10-8-15(9-11-17)19-12-20(19)22(27)26-25-14-16-13-24-21-7-5-4-6-18(16)21/h4-11,13-14,19-20,24H,12H2,1-3H3,(H,26,27)/b25-14+/t19-,20-/m0/s1. The monoisotopic (exact) mass is 359 g/mol. The molecule has 1 saturated carbocycles. The third-order valence-corrected chi connectivity index (χ3v) is 5.33. The van der Waals surface area contributed by atoms with Gasteiger partial charge in [-0.05, 0) is 34.9 Å². The van der Waals surface area contributed by atoms with Crippen molar-refractivity contribution in [2.24, 2.45) is 11.0 Å². The van der Waals surface area contributed by atoms with Crippen LogP contribution < -0.4 is 5.43 Å². The van der Waals surface area contributed by atoms with Gasteiger partial charge in [-0.1, -0.05) is 63.2 Å². The van der Waals surface area contributed by atoms with E-state index in [2.05, 4.69) is 60.5 Å². The average molecular weight is 359 g/mol. The van der Waals surface area contributed by atoms with E-state index in [0.717, 1.165) is 22.9 Å². The lowest BCUT2D eigenvalue weighted by molar-refractivity contribution is -0.122. The van der Waals surface area contributed by atoms with Crippen LogP contribution in [0.15, 0.2) is 59.8 Å². The highest BCUT2D eigenvalue weighted by Gasteiger charge is 2.44. The van der Waals surface area contributed by atoms with Crippen LogP contribution in [0.2, 0.25) is 0 Å². The Morgan fingerprint density at radius 3 is 2.63 bits per heavy atom. The van der Waals surface area contributed by atoms with Crippen LogP contribution in [0.3, 0.4) is 0 Å². The number of H-pyrrole nitrogens is 1. The summed E-state index contributed by atoms with van der Waals surface area (Å²) in [5.41, 5.74) is 7.43. The van der Waals surface area contributed by atoms with Gasteiger partial charge >= 0.3 is 0 Å². The lowest BCUT2D eigenvalue weighted by Gasteiger charge is -2.19.